The summed E-state index contributed by atoms with van der Waals surface area (Å²) in [5.74, 6) is 0.135. The first-order valence-electron chi connectivity index (χ1n) is 9.19. The Morgan fingerprint density at radius 1 is 1.15 bits per heavy atom. The number of aryl methyl sites for hydroxylation is 2. The number of benzene rings is 2. The summed E-state index contributed by atoms with van der Waals surface area (Å²) >= 11 is 0. The molecule has 1 aliphatic heterocycles. The van der Waals surface area contributed by atoms with Crippen molar-refractivity contribution in [2.75, 3.05) is 6.54 Å². The van der Waals surface area contributed by atoms with Crippen molar-refractivity contribution < 1.29 is 9.59 Å². The van der Waals surface area contributed by atoms with Crippen molar-refractivity contribution in [3.63, 3.8) is 0 Å². The third kappa shape index (κ3) is 4.13. The van der Waals surface area contributed by atoms with Crippen LogP contribution in [0.1, 0.15) is 58.4 Å². The van der Waals surface area contributed by atoms with Crippen molar-refractivity contribution in [3.05, 3.63) is 70.3 Å². The third-order valence-electron chi connectivity index (χ3n) is 5.00. The lowest BCUT2D eigenvalue weighted by atomic mass is 10.00. The molecule has 26 heavy (non-hydrogen) atoms. The Bertz CT molecular complexity index is 811. The van der Waals surface area contributed by atoms with Crippen molar-refractivity contribution in [2.45, 2.75) is 46.2 Å². The van der Waals surface area contributed by atoms with Crippen LogP contribution < -0.4 is 5.32 Å². The van der Waals surface area contributed by atoms with Crippen LogP contribution in [0.4, 0.5) is 0 Å². The van der Waals surface area contributed by atoms with Gasteiger partial charge in [0, 0.05) is 25.1 Å². The molecule has 4 heteroatoms. The first kappa shape index (κ1) is 18.2. The number of hydrogen-bond donors (Lipinski definition) is 1. The van der Waals surface area contributed by atoms with E-state index in [1.54, 1.807) is 0 Å². The Kier molecular flexibility index (Phi) is 5.40. The largest absolute Gasteiger partial charge is 0.346 e. The van der Waals surface area contributed by atoms with Gasteiger partial charge in [-0.05, 0) is 56.0 Å². The lowest BCUT2D eigenvalue weighted by molar-refractivity contribution is -0.128. The van der Waals surface area contributed by atoms with Gasteiger partial charge in [-0.2, -0.15) is 0 Å². The molecule has 2 amide bonds. The van der Waals surface area contributed by atoms with Gasteiger partial charge in [0.15, 0.2) is 0 Å². The monoisotopic (exact) mass is 350 g/mol. The summed E-state index contributed by atoms with van der Waals surface area (Å²) in [6.07, 6.45) is 1.59. The molecule has 136 valence electrons. The highest BCUT2D eigenvalue weighted by molar-refractivity contribution is 5.94. The van der Waals surface area contributed by atoms with Gasteiger partial charge in [0.1, 0.15) is 0 Å². The highest BCUT2D eigenvalue weighted by atomic mass is 16.2. The summed E-state index contributed by atoms with van der Waals surface area (Å²) < 4.78 is 0. The van der Waals surface area contributed by atoms with Crippen LogP contribution in [-0.4, -0.2) is 23.3 Å². The van der Waals surface area contributed by atoms with Gasteiger partial charge in [-0.25, -0.2) is 0 Å². The minimum absolute atomic E-state index is 0.0509. The number of likely N-dealkylation sites (tertiary alicyclic amines) is 1. The molecule has 4 nitrogen and oxygen atoms in total. The summed E-state index contributed by atoms with van der Waals surface area (Å²) in [5.41, 5.74) is 5.23. The zero-order chi connectivity index (χ0) is 18.7. The van der Waals surface area contributed by atoms with E-state index in [9.17, 15) is 9.59 Å². The first-order valence-corrected chi connectivity index (χ1v) is 9.19. The van der Waals surface area contributed by atoms with Gasteiger partial charge in [-0.1, -0.05) is 35.9 Å². The lowest BCUT2D eigenvalue weighted by Gasteiger charge is -2.18. The van der Waals surface area contributed by atoms with E-state index in [2.05, 4.69) is 37.4 Å². The number of nitrogens with one attached hydrogen (secondary N) is 1. The van der Waals surface area contributed by atoms with E-state index >= 15 is 0 Å². The second-order valence-electron chi connectivity index (χ2n) is 7.17. The number of carbonyl (C=O) groups excluding carboxylic acids is 2. The molecule has 1 N–H and O–H groups in total. The predicted molar refractivity (Wildman–Crippen MR) is 103 cm³/mol. The molecule has 2 aromatic carbocycles. The molecule has 0 unspecified atom stereocenters. The molecule has 3 rings (SSSR count). The Morgan fingerprint density at radius 2 is 1.88 bits per heavy atom. The standard InChI is InChI=1S/C22H26N2O2/c1-15-6-11-20(16(2)13-15)17(3)23-22(26)19-9-7-18(8-10-19)14-24-12-4-5-21(24)25/h6-11,13,17H,4-5,12,14H2,1-3H3,(H,23,26)/t17-/m0/s1. The van der Waals surface area contributed by atoms with Crippen LogP contribution in [0.5, 0.6) is 0 Å². The number of amides is 2. The molecule has 1 heterocycles. The van der Waals surface area contributed by atoms with Crippen molar-refractivity contribution >= 4 is 11.8 Å². The van der Waals surface area contributed by atoms with Gasteiger partial charge < -0.3 is 10.2 Å². The zero-order valence-electron chi connectivity index (χ0n) is 15.7. The van der Waals surface area contributed by atoms with E-state index in [0.29, 0.717) is 18.5 Å². The SMILES string of the molecule is Cc1ccc([C@H](C)NC(=O)c2ccc(CN3CCCC3=O)cc2)c(C)c1. The summed E-state index contributed by atoms with van der Waals surface area (Å²) in [6, 6.07) is 13.8. The van der Waals surface area contributed by atoms with E-state index in [4.69, 9.17) is 0 Å². The minimum Gasteiger partial charge on any atom is -0.346 e. The Balaban J connectivity index is 1.63. The maximum atomic E-state index is 12.5. The highest BCUT2D eigenvalue weighted by Crippen LogP contribution is 2.19. The van der Waals surface area contributed by atoms with Crippen molar-refractivity contribution in [1.29, 1.82) is 0 Å². The molecule has 1 saturated heterocycles. The van der Waals surface area contributed by atoms with Gasteiger partial charge in [-0.15, -0.1) is 0 Å². The summed E-state index contributed by atoms with van der Waals surface area (Å²) in [6.45, 7) is 7.59. The van der Waals surface area contributed by atoms with E-state index < -0.39 is 0 Å². The highest BCUT2D eigenvalue weighted by Gasteiger charge is 2.20. The fourth-order valence-electron chi connectivity index (χ4n) is 3.52. The maximum Gasteiger partial charge on any atom is 0.251 e. The van der Waals surface area contributed by atoms with Crippen molar-refractivity contribution in [2.24, 2.45) is 0 Å². The Hall–Kier alpha value is -2.62. The molecule has 0 bridgehead atoms. The summed E-state index contributed by atoms with van der Waals surface area (Å²) in [5, 5.41) is 3.07. The lowest BCUT2D eigenvalue weighted by Crippen LogP contribution is -2.27. The van der Waals surface area contributed by atoms with E-state index in [1.807, 2.05) is 36.1 Å². The molecule has 2 aromatic rings. The van der Waals surface area contributed by atoms with Crippen LogP contribution in [0.3, 0.4) is 0 Å². The molecule has 0 spiro atoms. The molecule has 0 aromatic heterocycles. The molecule has 0 aliphatic carbocycles. The molecule has 1 atom stereocenters. The third-order valence-corrected chi connectivity index (χ3v) is 5.00. The number of hydrogen-bond acceptors (Lipinski definition) is 2. The molecule has 1 fully saturated rings. The quantitative estimate of drug-likeness (QED) is 0.888. The number of rotatable bonds is 5. The van der Waals surface area contributed by atoms with Gasteiger partial charge in [-0.3, -0.25) is 9.59 Å². The molecular formula is C22H26N2O2. The molecule has 0 saturated carbocycles. The van der Waals surface area contributed by atoms with Crippen LogP contribution in [0.25, 0.3) is 0 Å². The van der Waals surface area contributed by atoms with Crippen LogP contribution in [0.15, 0.2) is 42.5 Å². The second kappa shape index (κ2) is 7.73. The Morgan fingerprint density at radius 3 is 2.50 bits per heavy atom. The normalized spacial score (nSPS) is 15.2. The van der Waals surface area contributed by atoms with Crippen LogP contribution in [-0.2, 0) is 11.3 Å². The fraction of sp³-hybridized carbons (Fsp3) is 0.364. The van der Waals surface area contributed by atoms with Gasteiger partial charge >= 0.3 is 0 Å². The van der Waals surface area contributed by atoms with Gasteiger partial charge in [0.05, 0.1) is 6.04 Å². The summed E-state index contributed by atoms with van der Waals surface area (Å²) in [4.78, 5) is 26.1. The molecular weight excluding hydrogens is 324 g/mol. The molecule has 0 radical (unpaired) electrons. The number of carbonyl (C=O) groups is 2. The van der Waals surface area contributed by atoms with Crippen LogP contribution in [0, 0.1) is 13.8 Å². The van der Waals surface area contributed by atoms with Crippen molar-refractivity contribution in [3.8, 4) is 0 Å². The number of nitrogens with zero attached hydrogens (tertiary/aromatic N) is 1. The second-order valence-corrected chi connectivity index (χ2v) is 7.17. The zero-order valence-corrected chi connectivity index (χ0v) is 15.7. The van der Waals surface area contributed by atoms with Gasteiger partial charge in [0.25, 0.3) is 5.91 Å². The van der Waals surface area contributed by atoms with E-state index in [-0.39, 0.29) is 17.9 Å². The Labute approximate surface area is 155 Å². The molecule has 1 aliphatic rings. The van der Waals surface area contributed by atoms with Crippen LogP contribution >= 0.6 is 0 Å². The minimum atomic E-state index is -0.0822. The van der Waals surface area contributed by atoms with Crippen molar-refractivity contribution in [1.82, 2.24) is 10.2 Å². The van der Waals surface area contributed by atoms with Crippen LogP contribution in [0.2, 0.25) is 0 Å². The predicted octanol–water partition coefficient (Wildman–Crippen LogP) is 3.92. The average molecular weight is 350 g/mol. The van der Waals surface area contributed by atoms with E-state index in [1.165, 1.54) is 11.1 Å². The first-order chi connectivity index (χ1) is 12.4. The maximum absolute atomic E-state index is 12.5. The summed E-state index contributed by atoms with van der Waals surface area (Å²) in [7, 11) is 0. The smallest absolute Gasteiger partial charge is 0.251 e. The topological polar surface area (TPSA) is 49.4 Å². The average Bonchev–Trinajstić information content (AvgIpc) is 3.00. The van der Waals surface area contributed by atoms with Gasteiger partial charge in [0.2, 0.25) is 5.91 Å². The van der Waals surface area contributed by atoms with E-state index in [0.717, 1.165) is 24.1 Å². The fourth-order valence-corrected chi connectivity index (χ4v) is 3.52.